The quantitative estimate of drug-likeness (QED) is 0.800. The van der Waals surface area contributed by atoms with E-state index in [-0.39, 0.29) is 18.1 Å². The van der Waals surface area contributed by atoms with Crippen molar-refractivity contribution >= 4 is 33.8 Å². The summed E-state index contributed by atoms with van der Waals surface area (Å²) in [5.74, 6) is -0.535. The highest BCUT2D eigenvalue weighted by molar-refractivity contribution is 7.93. The van der Waals surface area contributed by atoms with Gasteiger partial charge >= 0.3 is 0 Å². The average Bonchev–Trinajstić information content (AvgIpc) is 2.56. The first-order valence-electron chi connectivity index (χ1n) is 8.07. The summed E-state index contributed by atoms with van der Waals surface area (Å²) in [6, 6.07) is 13.3. The van der Waals surface area contributed by atoms with Crippen LogP contribution in [0.1, 0.15) is 18.4 Å². The molecule has 0 bridgehead atoms. The van der Waals surface area contributed by atoms with Gasteiger partial charge in [-0.1, -0.05) is 30.3 Å². The van der Waals surface area contributed by atoms with Crippen LogP contribution in [-0.4, -0.2) is 27.3 Å². The molecule has 3 rings (SSSR count). The van der Waals surface area contributed by atoms with E-state index >= 15 is 0 Å². The van der Waals surface area contributed by atoms with E-state index in [2.05, 4.69) is 5.32 Å². The first kappa shape index (κ1) is 19.7. The number of para-hydroxylation sites is 2. The summed E-state index contributed by atoms with van der Waals surface area (Å²) in [5, 5.41) is 2.50. The second-order valence-corrected chi connectivity index (χ2v) is 8.02. The van der Waals surface area contributed by atoms with Crippen LogP contribution in [0.25, 0.3) is 0 Å². The van der Waals surface area contributed by atoms with Crippen molar-refractivity contribution in [1.82, 2.24) is 5.32 Å². The van der Waals surface area contributed by atoms with Crippen molar-refractivity contribution in [2.24, 2.45) is 0 Å². The number of rotatable bonds is 5. The highest BCUT2D eigenvalue weighted by Gasteiger charge is 2.39. The van der Waals surface area contributed by atoms with Crippen molar-refractivity contribution in [2.75, 3.05) is 17.9 Å². The Bertz CT molecular complexity index is 829. The standard InChI is InChI=1S/C18H21FN2O2S.ClH/c1-20-12-6-8-15-13-14-7-2-4-10-17(14)21(24(15,22)23)18-11-5-3-9-16(18)19;/h2-5,7,9-11,15,20H,6,8,12-13H2,1H3;1H/t15-;/m0./s1. The maximum Gasteiger partial charge on any atom is 0.242 e. The van der Waals surface area contributed by atoms with Gasteiger partial charge in [-0.15, -0.1) is 12.4 Å². The highest BCUT2D eigenvalue weighted by atomic mass is 35.5. The second kappa shape index (κ2) is 8.17. The first-order valence-corrected chi connectivity index (χ1v) is 9.57. The molecule has 0 unspecified atom stereocenters. The zero-order chi connectivity index (χ0) is 17.2. The third-order valence-corrected chi connectivity index (χ3v) is 6.51. The minimum Gasteiger partial charge on any atom is -0.320 e. The fraction of sp³-hybridized carbons (Fsp3) is 0.333. The zero-order valence-corrected chi connectivity index (χ0v) is 15.6. The van der Waals surface area contributed by atoms with Gasteiger partial charge < -0.3 is 5.32 Å². The van der Waals surface area contributed by atoms with Gasteiger partial charge in [0.1, 0.15) is 5.82 Å². The fourth-order valence-electron chi connectivity index (χ4n) is 3.16. The molecule has 0 aliphatic carbocycles. The van der Waals surface area contributed by atoms with Crippen molar-refractivity contribution in [3.63, 3.8) is 0 Å². The SMILES string of the molecule is CNCCC[C@H]1Cc2ccccc2N(c2ccccc2F)S1(=O)=O.Cl. The van der Waals surface area contributed by atoms with Crippen LogP contribution in [0, 0.1) is 5.82 Å². The minimum atomic E-state index is -3.67. The maximum absolute atomic E-state index is 14.3. The van der Waals surface area contributed by atoms with E-state index in [1.54, 1.807) is 24.3 Å². The number of hydrogen-bond donors (Lipinski definition) is 1. The van der Waals surface area contributed by atoms with Gasteiger partial charge in [-0.2, -0.15) is 0 Å². The summed E-state index contributed by atoms with van der Waals surface area (Å²) < 4.78 is 41.8. The monoisotopic (exact) mass is 384 g/mol. The Labute approximate surface area is 154 Å². The van der Waals surface area contributed by atoms with Crippen LogP contribution >= 0.6 is 12.4 Å². The predicted octanol–water partition coefficient (Wildman–Crippen LogP) is 3.64. The van der Waals surface area contributed by atoms with E-state index in [0.29, 0.717) is 18.5 Å². The lowest BCUT2D eigenvalue weighted by atomic mass is 10.0. The molecule has 136 valence electrons. The molecule has 1 atom stereocenters. The highest BCUT2D eigenvalue weighted by Crippen LogP contribution is 2.40. The molecule has 1 heterocycles. The van der Waals surface area contributed by atoms with E-state index in [0.717, 1.165) is 18.5 Å². The fourth-order valence-corrected chi connectivity index (χ4v) is 5.19. The summed E-state index contributed by atoms with van der Waals surface area (Å²) in [7, 11) is -1.82. The van der Waals surface area contributed by atoms with E-state index in [4.69, 9.17) is 0 Å². The molecule has 0 saturated carbocycles. The maximum atomic E-state index is 14.3. The van der Waals surface area contributed by atoms with Crippen LogP contribution in [0.15, 0.2) is 48.5 Å². The van der Waals surface area contributed by atoms with E-state index in [1.807, 2.05) is 19.2 Å². The van der Waals surface area contributed by atoms with Gasteiger partial charge in [0.25, 0.3) is 0 Å². The Balaban J connectivity index is 0.00000225. The smallest absolute Gasteiger partial charge is 0.242 e. The summed E-state index contributed by atoms with van der Waals surface area (Å²) >= 11 is 0. The van der Waals surface area contributed by atoms with Crippen LogP contribution in [0.4, 0.5) is 15.8 Å². The summed E-state index contributed by atoms with van der Waals surface area (Å²) in [4.78, 5) is 0. The van der Waals surface area contributed by atoms with Crippen molar-refractivity contribution in [1.29, 1.82) is 0 Å². The lowest BCUT2D eigenvalue weighted by molar-refractivity contribution is 0.552. The molecule has 1 N–H and O–H groups in total. The molecule has 7 heteroatoms. The molecular formula is C18H22ClFN2O2S. The molecule has 0 aromatic heterocycles. The normalized spacial score (nSPS) is 18.3. The number of hydrogen-bond acceptors (Lipinski definition) is 3. The Hall–Kier alpha value is -1.63. The van der Waals surface area contributed by atoms with Gasteiger partial charge in [0, 0.05) is 0 Å². The molecule has 25 heavy (non-hydrogen) atoms. The third kappa shape index (κ3) is 3.81. The van der Waals surface area contributed by atoms with Crippen LogP contribution in [-0.2, 0) is 16.4 Å². The number of nitrogens with one attached hydrogen (secondary N) is 1. The molecular weight excluding hydrogens is 363 g/mol. The topological polar surface area (TPSA) is 49.4 Å². The molecule has 0 saturated heterocycles. The first-order chi connectivity index (χ1) is 11.6. The molecule has 0 radical (unpaired) electrons. The molecule has 0 amide bonds. The van der Waals surface area contributed by atoms with E-state index in [1.165, 1.54) is 16.4 Å². The molecule has 0 fully saturated rings. The van der Waals surface area contributed by atoms with Crippen molar-refractivity contribution in [3.8, 4) is 0 Å². The van der Waals surface area contributed by atoms with Crippen LogP contribution < -0.4 is 9.62 Å². The van der Waals surface area contributed by atoms with Gasteiger partial charge in [0.2, 0.25) is 10.0 Å². The zero-order valence-electron chi connectivity index (χ0n) is 14.0. The number of benzene rings is 2. The van der Waals surface area contributed by atoms with Crippen molar-refractivity contribution < 1.29 is 12.8 Å². The Morgan fingerprint density at radius 1 is 1.12 bits per heavy atom. The van der Waals surface area contributed by atoms with E-state index in [9.17, 15) is 12.8 Å². The molecule has 0 spiro atoms. The lowest BCUT2D eigenvalue weighted by Gasteiger charge is -2.35. The van der Waals surface area contributed by atoms with Crippen molar-refractivity contribution in [2.45, 2.75) is 24.5 Å². The average molecular weight is 385 g/mol. The summed E-state index contributed by atoms with van der Waals surface area (Å²) in [5.41, 5.74) is 1.57. The summed E-state index contributed by atoms with van der Waals surface area (Å²) in [6.45, 7) is 0.757. The second-order valence-electron chi connectivity index (χ2n) is 5.96. The van der Waals surface area contributed by atoms with Crippen molar-refractivity contribution in [3.05, 3.63) is 59.9 Å². The molecule has 4 nitrogen and oxygen atoms in total. The number of halogens is 2. The van der Waals surface area contributed by atoms with E-state index < -0.39 is 21.1 Å². The molecule has 1 aliphatic heterocycles. The minimum absolute atomic E-state index is 0. The van der Waals surface area contributed by atoms with Crippen LogP contribution in [0.2, 0.25) is 0 Å². The molecule has 2 aromatic rings. The van der Waals surface area contributed by atoms with Crippen LogP contribution in [0.3, 0.4) is 0 Å². The predicted molar refractivity (Wildman–Crippen MR) is 102 cm³/mol. The number of fused-ring (bicyclic) bond motifs is 1. The van der Waals surface area contributed by atoms with Gasteiger partial charge in [0.15, 0.2) is 0 Å². The van der Waals surface area contributed by atoms with Gasteiger partial charge in [-0.3, -0.25) is 0 Å². The largest absolute Gasteiger partial charge is 0.320 e. The Morgan fingerprint density at radius 2 is 1.76 bits per heavy atom. The van der Waals surface area contributed by atoms with Crippen LogP contribution in [0.5, 0.6) is 0 Å². The molecule has 2 aromatic carbocycles. The Morgan fingerprint density at radius 3 is 2.44 bits per heavy atom. The number of nitrogens with zero attached hydrogens (tertiary/aromatic N) is 1. The number of anilines is 2. The number of sulfonamides is 1. The van der Waals surface area contributed by atoms with Gasteiger partial charge in [0.05, 0.1) is 16.6 Å². The Kier molecular flexibility index (Phi) is 6.43. The van der Waals surface area contributed by atoms with Gasteiger partial charge in [-0.05, 0) is 56.6 Å². The summed E-state index contributed by atoms with van der Waals surface area (Å²) in [6.07, 6.45) is 1.77. The van der Waals surface area contributed by atoms with Gasteiger partial charge in [-0.25, -0.2) is 17.1 Å². The third-order valence-electron chi connectivity index (χ3n) is 4.36. The molecule has 1 aliphatic rings. The lowest BCUT2D eigenvalue weighted by Crippen LogP contribution is -2.42.